The molecular formula is C8H18N2O3. The monoisotopic (exact) mass is 190 g/mol. The smallest absolute Gasteiger partial charge is 0.320 e. The van der Waals surface area contributed by atoms with Crippen molar-refractivity contribution in [2.45, 2.75) is 32.7 Å². The Morgan fingerprint density at radius 1 is 1.54 bits per heavy atom. The van der Waals surface area contributed by atoms with E-state index in [4.69, 9.17) is 9.94 Å². The van der Waals surface area contributed by atoms with Crippen molar-refractivity contribution < 1.29 is 14.7 Å². The van der Waals surface area contributed by atoms with E-state index in [9.17, 15) is 4.79 Å². The van der Waals surface area contributed by atoms with Crippen molar-refractivity contribution >= 4 is 5.97 Å². The van der Waals surface area contributed by atoms with Gasteiger partial charge in [0.05, 0.1) is 13.3 Å². The molecule has 0 aliphatic rings. The zero-order chi connectivity index (χ0) is 10.1. The highest BCUT2D eigenvalue weighted by atomic mass is 16.6. The molecule has 0 fully saturated rings. The van der Waals surface area contributed by atoms with Gasteiger partial charge in [0.25, 0.3) is 0 Å². The summed E-state index contributed by atoms with van der Waals surface area (Å²) < 4.78 is 0. The summed E-state index contributed by atoms with van der Waals surface area (Å²) in [5.41, 5.74) is 2.60. The minimum atomic E-state index is -0.819. The van der Waals surface area contributed by atoms with Gasteiger partial charge >= 0.3 is 5.97 Å². The Morgan fingerprint density at radius 3 is 2.69 bits per heavy atom. The number of hydrogen-bond acceptors (Lipinski definition) is 4. The van der Waals surface area contributed by atoms with Crippen LogP contribution >= 0.6 is 0 Å². The second kappa shape index (κ2) is 7.97. The predicted molar refractivity (Wildman–Crippen MR) is 49.1 cm³/mol. The molecule has 0 aromatic rings. The molecule has 0 aliphatic heterocycles. The number of hydrogen-bond donors (Lipinski definition) is 3. The third kappa shape index (κ3) is 6.51. The van der Waals surface area contributed by atoms with Crippen LogP contribution in [0.25, 0.3) is 0 Å². The number of carbonyl (C=O) groups is 1. The third-order valence-corrected chi connectivity index (χ3v) is 1.54. The molecule has 0 spiro atoms. The molecule has 0 unspecified atom stereocenters. The van der Waals surface area contributed by atoms with Gasteiger partial charge in [-0.15, -0.1) is 0 Å². The molecule has 0 rings (SSSR count). The first-order valence-electron chi connectivity index (χ1n) is 4.53. The SMILES string of the molecule is CCC[C@H](NCNOCC)C(=O)O. The van der Waals surface area contributed by atoms with Crippen LogP contribution in [-0.4, -0.2) is 30.4 Å². The Kier molecular flexibility index (Phi) is 7.57. The summed E-state index contributed by atoms with van der Waals surface area (Å²) in [5.74, 6) is -0.819. The first-order valence-corrected chi connectivity index (χ1v) is 4.53. The predicted octanol–water partition coefficient (Wildman–Crippen LogP) is 0.328. The number of nitrogens with one attached hydrogen (secondary N) is 2. The van der Waals surface area contributed by atoms with Crippen LogP contribution in [0.1, 0.15) is 26.7 Å². The summed E-state index contributed by atoms with van der Waals surface area (Å²) in [6.07, 6.45) is 1.47. The molecule has 13 heavy (non-hydrogen) atoms. The maximum Gasteiger partial charge on any atom is 0.320 e. The van der Waals surface area contributed by atoms with Crippen molar-refractivity contribution in [2.75, 3.05) is 13.3 Å². The Hall–Kier alpha value is -0.650. The maximum absolute atomic E-state index is 10.6. The molecule has 0 aromatic heterocycles. The molecular weight excluding hydrogens is 172 g/mol. The zero-order valence-corrected chi connectivity index (χ0v) is 8.17. The fourth-order valence-corrected chi connectivity index (χ4v) is 0.919. The second-order valence-corrected chi connectivity index (χ2v) is 2.64. The normalized spacial score (nSPS) is 12.8. The molecule has 0 aliphatic carbocycles. The maximum atomic E-state index is 10.6. The van der Waals surface area contributed by atoms with Crippen LogP contribution in [0.3, 0.4) is 0 Å². The summed E-state index contributed by atoms with van der Waals surface area (Å²) in [4.78, 5) is 15.5. The van der Waals surface area contributed by atoms with E-state index >= 15 is 0 Å². The first kappa shape index (κ1) is 12.3. The van der Waals surface area contributed by atoms with E-state index in [1.807, 2.05) is 13.8 Å². The fraction of sp³-hybridized carbons (Fsp3) is 0.875. The summed E-state index contributed by atoms with van der Waals surface area (Å²) in [6, 6.07) is -0.488. The van der Waals surface area contributed by atoms with Gasteiger partial charge in [-0.25, -0.2) is 0 Å². The highest BCUT2D eigenvalue weighted by molar-refractivity contribution is 5.73. The summed E-state index contributed by atoms with van der Waals surface area (Å²) >= 11 is 0. The number of aliphatic carboxylic acids is 1. The molecule has 0 heterocycles. The van der Waals surface area contributed by atoms with Crippen molar-refractivity contribution in [3.63, 3.8) is 0 Å². The first-order chi connectivity index (χ1) is 6.22. The van der Waals surface area contributed by atoms with Gasteiger partial charge in [0.15, 0.2) is 0 Å². The van der Waals surface area contributed by atoms with Crippen LogP contribution in [0, 0.1) is 0 Å². The molecule has 0 saturated carbocycles. The Balaban J connectivity index is 3.51. The van der Waals surface area contributed by atoms with Gasteiger partial charge < -0.3 is 9.94 Å². The average molecular weight is 190 g/mol. The number of carboxylic acids is 1. The van der Waals surface area contributed by atoms with Crippen molar-refractivity contribution in [3.05, 3.63) is 0 Å². The minimum absolute atomic E-state index is 0.352. The molecule has 0 bridgehead atoms. The Bertz CT molecular complexity index is 141. The fourth-order valence-electron chi connectivity index (χ4n) is 0.919. The third-order valence-electron chi connectivity index (χ3n) is 1.54. The molecule has 5 heteroatoms. The van der Waals surface area contributed by atoms with E-state index in [0.717, 1.165) is 6.42 Å². The van der Waals surface area contributed by atoms with Gasteiger partial charge in [0, 0.05) is 0 Å². The molecule has 0 amide bonds. The van der Waals surface area contributed by atoms with Gasteiger partial charge in [0.2, 0.25) is 0 Å². The van der Waals surface area contributed by atoms with E-state index in [1.54, 1.807) is 0 Å². The van der Waals surface area contributed by atoms with Crippen LogP contribution < -0.4 is 10.8 Å². The van der Waals surface area contributed by atoms with Crippen molar-refractivity contribution in [2.24, 2.45) is 0 Å². The van der Waals surface area contributed by atoms with Gasteiger partial charge in [-0.2, -0.15) is 5.48 Å². The summed E-state index contributed by atoms with van der Waals surface area (Å²) in [5, 5.41) is 11.5. The molecule has 0 radical (unpaired) electrons. The largest absolute Gasteiger partial charge is 0.480 e. The zero-order valence-electron chi connectivity index (χ0n) is 8.17. The molecule has 5 nitrogen and oxygen atoms in total. The van der Waals surface area contributed by atoms with Crippen LogP contribution in [-0.2, 0) is 9.63 Å². The van der Waals surface area contributed by atoms with Crippen molar-refractivity contribution in [3.8, 4) is 0 Å². The van der Waals surface area contributed by atoms with E-state index in [1.165, 1.54) is 0 Å². The van der Waals surface area contributed by atoms with Crippen LogP contribution in [0.2, 0.25) is 0 Å². The summed E-state index contributed by atoms with van der Waals surface area (Å²) in [7, 11) is 0. The van der Waals surface area contributed by atoms with Crippen molar-refractivity contribution in [1.82, 2.24) is 10.8 Å². The molecule has 1 atom stereocenters. The van der Waals surface area contributed by atoms with Gasteiger partial charge in [-0.3, -0.25) is 10.1 Å². The second-order valence-electron chi connectivity index (χ2n) is 2.64. The molecule has 0 saturated heterocycles. The topological polar surface area (TPSA) is 70.6 Å². The van der Waals surface area contributed by atoms with E-state index in [0.29, 0.717) is 19.7 Å². The van der Waals surface area contributed by atoms with Gasteiger partial charge in [-0.1, -0.05) is 13.3 Å². The highest BCUT2D eigenvalue weighted by Crippen LogP contribution is 1.95. The standard InChI is InChI=1S/C8H18N2O3/c1-3-5-7(8(11)12)9-6-10-13-4-2/h7,9-10H,3-6H2,1-2H3,(H,11,12)/t7-/m0/s1. The lowest BCUT2D eigenvalue weighted by molar-refractivity contribution is -0.139. The lowest BCUT2D eigenvalue weighted by atomic mass is 10.2. The molecule has 0 aromatic carbocycles. The van der Waals surface area contributed by atoms with Gasteiger partial charge in [0.1, 0.15) is 6.04 Å². The molecule has 78 valence electrons. The van der Waals surface area contributed by atoms with Crippen LogP contribution in [0.5, 0.6) is 0 Å². The van der Waals surface area contributed by atoms with E-state index in [2.05, 4.69) is 10.8 Å². The highest BCUT2D eigenvalue weighted by Gasteiger charge is 2.14. The van der Waals surface area contributed by atoms with Gasteiger partial charge in [-0.05, 0) is 13.3 Å². The summed E-state index contributed by atoms with van der Waals surface area (Å²) in [6.45, 7) is 4.72. The lowest BCUT2D eigenvalue weighted by Crippen LogP contribution is -2.41. The van der Waals surface area contributed by atoms with E-state index < -0.39 is 12.0 Å². The number of hydroxylamine groups is 1. The average Bonchev–Trinajstić information content (AvgIpc) is 2.10. The quantitative estimate of drug-likeness (QED) is 0.292. The lowest BCUT2D eigenvalue weighted by Gasteiger charge is -2.13. The van der Waals surface area contributed by atoms with Crippen LogP contribution in [0.4, 0.5) is 0 Å². The molecule has 3 N–H and O–H groups in total. The van der Waals surface area contributed by atoms with Crippen LogP contribution in [0.15, 0.2) is 0 Å². The van der Waals surface area contributed by atoms with Crippen molar-refractivity contribution in [1.29, 1.82) is 0 Å². The number of carboxylic acid groups (broad SMARTS) is 1. The van der Waals surface area contributed by atoms with E-state index in [-0.39, 0.29) is 0 Å². The number of rotatable bonds is 8. The minimum Gasteiger partial charge on any atom is -0.480 e. The Labute approximate surface area is 78.4 Å². The Morgan fingerprint density at radius 2 is 2.23 bits per heavy atom.